The summed E-state index contributed by atoms with van der Waals surface area (Å²) in [5, 5.41) is 3.22. The standard InChI is InChI=1S/C15H17FN2O/c1-12-4-2-6-14(15(12)16)19-9-8-18-11-13-5-3-7-17-10-13/h2-7,10,18H,8-9,11H2,1H3. The summed E-state index contributed by atoms with van der Waals surface area (Å²) in [4.78, 5) is 4.03. The molecule has 0 atom stereocenters. The minimum atomic E-state index is -0.283. The fraction of sp³-hybridized carbons (Fsp3) is 0.267. The number of nitrogens with one attached hydrogen (secondary N) is 1. The third-order valence-electron chi connectivity index (χ3n) is 2.74. The Balaban J connectivity index is 1.71. The number of rotatable bonds is 6. The number of pyridine rings is 1. The van der Waals surface area contributed by atoms with Crippen LogP contribution in [0.2, 0.25) is 0 Å². The normalized spacial score (nSPS) is 10.4. The monoisotopic (exact) mass is 260 g/mol. The largest absolute Gasteiger partial charge is 0.489 e. The molecule has 0 radical (unpaired) electrons. The lowest BCUT2D eigenvalue weighted by molar-refractivity contribution is 0.298. The molecule has 0 spiro atoms. The summed E-state index contributed by atoms with van der Waals surface area (Å²) in [6.07, 6.45) is 3.56. The van der Waals surface area contributed by atoms with Crippen molar-refractivity contribution in [1.82, 2.24) is 10.3 Å². The van der Waals surface area contributed by atoms with E-state index in [1.807, 2.05) is 18.3 Å². The van der Waals surface area contributed by atoms with E-state index in [1.165, 1.54) is 0 Å². The Bertz CT molecular complexity index is 517. The van der Waals surface area contributed by atoms with E-state index in [2.05, 4.69) is 10.3 Å². The maximum absolute atomic E-state index is 13.6. The second-order valence-electron chi connectivity index (χ2n) is 4.27. The van der Waals surface area contributed by atoms with Gasteiger partial charge in [-0.1, -0.05) is 18.2 Å². The molecule has 100 valence electrons. The molecule has 0 unspecified atom stereocenters. The van der Waals surface area contributed by atoms with E-state index in [-0.39, 0.29) is 5.82 Å². The molecule has 2 aromatic rings. The van der Waals surface area contributed by atoms with Crippen molar-refractivity contribution in [3.63, 3.8) is 0 Å². The molecular formula is C15H17FN2O. The maximum atomic E-state index is 13.6. The zero-order valence-corrected chi connectivity index (χ0v) is 10.9. The van der Waals surface area contributed by atoms with Gasteiger partial charge in [0, 0.05) is 25.5 Å². The summed E-state index contributed by atoms with van der Waals surface area (Å²) in [6, 6.07) is 9.06. The molecular weight excluding hydrogens is 243 g/mol. The molecule has 2 rings (SSSR count). The summed E-state index contributed by atoms with van der Waals surface area (Å²) in [7, 11) is 0. The Morgan fingerprint density at radius 3 is 2.95 bits per heavy atom. The van der Waals surface area contributed by atoms with Crippen molar-refractivity contribution in [1.29, 1.82) is 0 Å². The molecule has 0 aliphatic heterocycles. The van der Waals surface area contributed by atoms with Gasteiger partial charge in [-0.2, -0.15) is 0 Å². The van der Waals surface area contributed by atoms with Crippen LogP contribution in [-0.2, 0) is 6.54 Å². The number of nitrogens with zero attached hydrogens (tertiary/aromatic N) is 1. The molecule has 0 aliphatic carbocycles. The van der Waals surface area contributed by atoms with Crippen LogP contribution in [0.3, 0.4) is 0 Å². The van der Waals surface area contributed by atoms with E-state index in [1.54, 1.807) is 31.3 Å². The highest BCUT2D eigenvalue weighted by molar-refractivity contribution is 5.30. The van der Waals surface area contributed by atoms with Crippen LogP contribution in [0.5, 0.6) is 5.75 Å². The number of benzene rings is 1. The molecule has 0 bridgehead atoms. The van der Waals surface area contributed by atoms with E-state index in [9.17, 15) is 4.39 Å². The second-order valence-corrected chi connectivity index (χ2v) is 4.27. The number of aryl methyl sites for hydroxylation is 1. The smallest absolute Gasteiger partial charge is 0.167 e. The Hall–Kier alpha value is -1.94. The van der Waals surface area contributed by atoms with Crippen molar-refractivity contribution in [3.05, 3.63) is 59.7 Å². The van der Waals surface area contributed by atoms with Gasteiger partial charge in [-0.05, 0) is 30.2 Å². The van der Waals surface area contributed by atoms with Gasteiger partial charge in [0.05, 0.1) is 0 Å². The highest BCUT2D eigenvalue weighted by Gasteiger charge is 2.04. The molecule has 19 heavy (non-hydrogen) atoms. The van der Waals surface area contributed by atoms with Crippen LogP contribution in [0.4, 0.5) is 4.39 Å². The Labute approximate surface area is 112 Å². The maximum Gasteiger partial charge on any atom is 0.167 e. The van der Waals surface area contributed by atoms with Gasteiger partial charge in [-0.3, -0.25) is 4.98 Å². The fourth-order valence-electron chi connectivity index (χ4n) is 1.70. The molecule has 4 heteroatoms. The van der Waals surface area contributed by atoms with Crippen LogP contribution in [0.1, 0.15) is 11.1 Å². The van der Waals surface area contributed by atoms with E-state index in [0.29, 0.717) is 24.5 Å². The highest BCUT2D eigenvalue weighted by atomic mass is 19.1. The van der Waals surface area contributed by atoms with Gasteiger partial charge in [-0.15, -0.1) is 0 Å². The van der Waals surface area contributed by atoms with Gasteiger partial charge in [0.25, 0.3) is 0 Å². The number of ether oxygens (including phenoxy) is 1. The van der Waals surface area contributed by atoms with Crippen molar-refractivity contribution in [2.45, 2.75) is 13.5 Å². The molecule has 1 N–H and O–H groups in total. The molecule has 0 saturated heterocycles. The summed E-state index contributed by atoms with van der Waals surface area (Å²) >= 11 is 0. The Kier molecular flexibility index (Phi) is 4.86. The zero-order chi connectivity index (χ0) is 13.5. The minimum absolute atomic E-state index is 0.283. The van der Waals surface area contributed by atoms with Crippen molar-refractivity contribution < 1.29 is 9.13 Å². The van der Waals surface area contributed by atoms with Gasteiger partial charge in [0.1, 0.15) is 6.61 Å². The van der Waals surface area contributed by atoms with E-state index in [4.69, 9.17) is 4.74 Å². The van der Waals surface area contributed by atoms with E-state index in [0.717, 1.165) is 12.1 Å². The SMILES string of the molecule is Cc1cccc(OCCNCc2cccnc2)c1F. The minimum Gasteiger partial charge on any atom is -0.489 e. The first kappa shape index (κ1) is 13.5. The summed E-state index contributed by atoms with van der Waals surface area (Å²) in [6.45, 7) is 3.54. The van der Waals surface area contributed by atoms with Gasteiger partial charge >= 0.3 is 0 Å². The molecule has 1 heterocycles. The van der Waals surface area contributed by atoms with Crippen molar-refractivity contribution >= 4 is 0 Å². The van der Waals surface area contributed by atoms with Crippen molar-refractivity contribution in [2.24, 2.45) is 0 Å². The number of aromatic nitrogens is 1. The van der Waals surface area contributed by atoms with Crippen LogP contribution in [0.25, 0.3) is 0 Å². The van der Waals surface area contributed by atoms with E-state index >= 15 is 0 Å². The lowest BCUT2D eigenvalue weighted by Gasteiger charge is -2.09. The summed E-state index contributed by atoms with van der Waals surface area (Å²) < 4.78 is 19.0. The molecule has 0 aliphatic rings. The molecule has 3 nitrogen and oxygen atoms in total. The first-order valence-corrected chi connectivity index (χ1v) is 6.25. The zero-order valence-electron chi connectivity index (χ0n) is 10.9. The highest BCUT2D eigenvalue weighted by Crippen LogP contribution is 2.19. The third-order valence-corrected chi connectivity index (χ3v) is 2.74. The number of hydrogen-bond donors (Lipinski definition) is 1. The van der Waals surface area contributed by atoms with Gasteiger partial charge in [0.15, 0.2) is 11.6 Å². The average molecular weight is 260 g/mol. The summed E-state index contributed by atoms with van der Waals surface area (Å²) in [5.41, 5.74) is 1.71. The number of halogens is 1. The molecule has 0 saturated carbocycles. The quantitative estimate of drug-likeness (QED) is 0.811. The van der Waals surface area contributed by atoms with Crippen LogP contribution >= 0.6 is 0 Å². The van der Waals surface area contributed by atoms with Gasteiger partial charge < -0.3 is 10.1 Å². The average Bonchev–Trinajstić information content (AvgIpc) is 2.44. The summed E-state index contributed by atoms with van der Waals surface area (Å²) in [5.74, 6) is 0.0259. The molecule has 0 fully saturated rings. The fourth-order valence-corrected chi connectivity index (χ4v) is 1.70. The molecule has 1 aromatic heterocycles. The Morgan fingerprint density at radius 2 is 2.16 bits per heavy atom. The Morgan fingerprint density at radius 1 is 1.26 bits per heavy atom. The van der Waals surface area contributed by atoms with Crippen LogP contribution in [0.15, 0.2) is 42.7 Å². The van der Waals surface area contributed by atoms with Crippen molar-refractivity contribution in [2.75, 3.05) is 13.2 Å². The van der Waals surface area contributed by atoms with Gasteiger partial charge in [0.2, 0.25) is 0 Å². The lowest BCUT2D eigenvalue weighted by atomic mass is 10.2. The van der Waals surface area contributed by atoms with Gasteiger partial charge in [-0.25, -0.2) is 4.39 Å². The molecule has 1 aromatic carbocycles. The lowest BCUT2D eigenvalue weighted by Crippen LogP contribution is -2.20. The van der Waals surface area contributed by atoms with E-state index < -0.39 is 0 Å². The number of hydrogen-bond acceptors (Lipinski definition) is 3. The molecule has 0 amide bonds. The van der Waals surface area contributed by atoms with Crippen LogP contribution < -0.4 is 10.1 Å². The van der Waals surface area contributed by atoms with Crippen LogP contribution in [0, 0.1) is 12.7 Å². The topological polar surface area (TPSA) is 34.1 Å². The first-order valence-electron chi connectivity index (χ1n) is 6.25. The predicted octanol–water partition coefficient (Wildman–Crippen LogP) is 2.70. The van der Waals surface area contributed by atoms with Crippen molar-refractivity contribution in [3.8, 4) is 5.75 Å². The first-order chi connectivity index (χ1) is 9.27. The third kappa shape index (κ3) is 4.03. The predicted molar refractivity (Wildman–Crippen MR) is 72.6 cm³/mol. The second kappa shape index (κ2) is 6.85. The van der Waals surface area contributed by atoms with Crippen LogP contribution in [-0.4, -0.2) is 18.1 Å².